The fraction of sp³-hybridized carbons (Fsp3) is 0.632. The van der Waals surface area contributed by atoms with Crippen molar-refractivity contribution in [2.45, 2.75) is 51.9 Å². The molecule has 0 radical (unpaired) electrons. The Hall–Kier alpha value is -1.02. The lowest BCUT2D eigenvalue weighted by Gasteiger charge is -2.28. The Labute approximate surface area is 139 Å². The summed E-state index contributed by atoms with van der Waals surface area (Å²) in [6, 6.07) is 7.55. The highest BCUT2D eigenvalue weighted by atomic mass is 35.5. The lowest BCUT2D eigenvalue weighted by molar-refractivity contribution is 0.0988. The third kappa shape index (κ3) is 5.31. The molecule has 3 heteroatoms. The molecule has 2 rings (SSSR count). The van der Waals surface area contributed by atoms with Crippen LogP contribution in [0.1, 0.15) is 62.2 Å². The van der Waals surface area contributed by atoms with Crippen molar-refractivity contribution in [1.82, 2.24) is 0 Å². The summed E-state index contributed by atoms with van der Waals surface area (Å²) < 4.78 is 5.90. The van der Waals surface area contributed by atoms with Crippen LogP contribution in [-0.2, 0) is 0 Å². The van der Waals surface area contributed by atoms with E-state index < -0.39 is 0 Å². The first-order valence-corrected chi connectivity index (χ1v) is 9.08. The summed E-state index contributed by atoms with van der Waals surface area (Å²) in [4.78, 5) is 11.6. The molecular formula is C19H27ClO2. The standard InChI is InChI=1S/C19H27ClO2/c1-2-19(21)17-9-11-18(12-10-17)22-14-16-7-5-15(6-8-16)4-3-13-20/h9-12,15-16H,2-8,13-14H2,1H3. The molecule has 122 valence electrons. The van der Waals surface area contributed by atoms with Gasteiger partial charge in [0.15, 0.2) is 5.78 Å². The third-order valence-corrected chi connectivity index (χ3v) is 4.96. The maximum absolute atomic E-state index is 11.6. The number of halogens is 1. The summed E-state index contributed by atoms with van der Waals surface area (Å²) in [6.07, 6.45) is 8.13. The molecule has 0 spiro atoms. The summed E-state index contributed by atoms with van der Waals surface area (Å²) >= 11 is 5.77. The fourth-order valence-corrected chi connectivity index (χ4v) is 3.36. The summed E-state index contributed by atoms with van der Waals surface area (Å²) in [5.41, 5.74) is 0.773. The van der Waals surface area contributed by atoms with Crippen LogP contribution in [-0.4, -0.2) is 18.3 Å². The van der Waals surface area contributed by atoms with Crippen LogP contribution in [0.4, 0.5) is 0 Å². The largest absolute Gasteiger partial charge is 0.493 e. The normalized spacial score (nSPS) is 21.5. The van der Waals surface area contributed by atoms with Gasteiger partial charge in [-0.3, -0.25) is 4.79 Å². The molecule has 22 heavy (non-hydrogen) atoms. The molecule has 1 aromatic carbocycles. The number of Topliss-reactive ketones (excluding diaryl/α,β-unsaturated/α-hetero) is 1. The molecule has 0 bridgehead atoms. The van der Waals surface area contributed by atoms with E-state index in [0.717, 1.165) is 36.1 Å². The van der Waals surface area contributed by atoms with E-state index in [0.29, 0.717) is 12.3 Å². The minimum Gasteiger partial charge on any atom is -0.493 e. The number of ketones is 1. The quantitative estimate of drug-likeness (QED) is 0.467. The Kier molecular flexibility index (Phi) is 7.24. The van der Waals surface area contributed by atoms with E-state index in [4.69, 9.17) is 16.3 Å². The second-order valence-corrected chi connectivity index (χ2v) is 6.71. The average molecular weight is 323 g/mol. The number of rotatable bonds is 8. The summed E-state index contributed by atoms with van der Waals surface area (Å²) in [5, 5.41) is 0. The maximum atomic E-state index is 11.6. The Bertz CT molecular complexity index is 447. The van der Waals surface area contributed by atoms with Gasteiger partial charge >= 0.3 is 0 Å². The first kappa shape index (κ1) is 17.3. The highest BCUT2D eigenvalue weighted by molar-refractivity contribution is 6.17. The molecule has 1 fully saturated rings. The van der Waals surface area contributed by atoms with Crippen LogP contribution in [0.3, 0.4) is 0 Å². The van der Waals surface area contributed by atoms with E-state index in [1.165, 1.54) is 32.1 Å². The van der Waals surface area contributed by atoms with Gasteiger partial charge in [-0.15, -0.1) is 11.6 Å². The predicted octanol–water partition coefficient (Wildman–Crippen LogP) is 5.48. The second-order valence-electron chi connectivity index (χ2n) is 6.33. The molecular weight excluding hydrogens is 296 g/mol. The molecule has 1 aliphatic carbocycles. The molecule has 0 saturated heterocycles. The van der Waals surface area contributed by atoms with Crippen molar-refractivity contribution in [3.63, 3.8) is 0 Å². The topological polar surface area (TPSA) is 26.3 Å². The second kappa shape index (κ2) is 9.19. The zero-order valence-corrected chi connectivity index (χ0v) is 14.3. The molecule has 0 aliphatic heterocycles. The number of alkyl halides is 1. The monoisotopic (exact) mass is 322 g/mol. The first-order valence-electron chi connectivity index (χ1n) is 8.55. The summed E-state index contributed by atoms with van der Waals surface area (Å²) in [6.45, 7) is 2.68. The number of ether oxygens (including phenoxy) is 1. The zero-order valence-electron chi connectivity index (χ0n) is 13.5. The van der Waals surface area contributed by atoms with Crippen molar-refractivity contribution in [2.75, 3.05) is 12.5 Å². The van der Waals surface area contributed by atoms with E-state index in [9.17, 15) is 4.79 Å². The molecule has 0 heterocycles. The molecule has 1 aliphatic rings. The fourth-order valence-electron chi connectivity index (χ4n) is 3.21. The van der Waals surface area contributed by atoms with Crippen molar-refractivity contribution in [3.8, 4) is 5.75 Å². The Morgan fingerprint density at radius 3 is 2.36 bits per heavy atom. The minimum absolute atomic E-state index is 0.182. The number of hydrogen-bond donors (Lipinski definition) is 0. The average Bonchev–Trinajstić information content (AvgIpc) is 2.58. The minimum atomic E-state index is 0.182. The van der Waals surface area contributed by atoms with Crippen LogP contribution in [0.5, 0.6) is 5.75 Å². The molecule has 2 nitrogen and oxygen atoms in total. The van der Waals surface area contributed by atoms with E-state index in [1.807, 2.05) is 31.2 Å². The first-order chi connectivity index (χ1) is 10.7. The lowest BCUT2D eigenvalue weighted by Crippen LogP contribution is -2.20. The van der Waals surface area contributed by atoms with Gasteiger partial charge in [0.25, 0.3) is 0 Å². The predicted molar refractivity (Wildman–Crippen MR) is 92.0 cm³/mol. The molecule has 1 aromatic rings. The van der Waals surface area contributed by atoms with Gasteiger partial charge in [-0.2, -0.15) is 0 Å². The molecule has 0 N–H and O–H groups in total. The number of hydrogen-bond acceptors (Lipinski definition) is 2. The Morgan fingerprint density at radius 2 is 1.77 bits per heavy atom. The van der Waals surface area contributed by atoms with E-state index in [1.54, 1.807) is 0 Å². The van der Waals surface area contributed by atoms with Crippen LogP contribution in [0.15, 0.2) is 24.3 Å². The van der Waals surface area contributed by atoms with Gasteiger partial charge in [0.1, 0.15) is 5.75 Å². The van der Waals surface area contributed by atoms with Crippen LogP contribution < -0.4 is 4.74 Å². The summed E-state index contributed by atoms with van der Waals surface area (Å²) in [7, 11) is 0. The van der Waals surface area contributed by atoms with Crippen LogP contribution in [0.25, 0.3) is 0 Å². The third-order valence-electron chi connectivity index (χ3n) is 4.70. The van der Waals surface area contributed by atoms with Crippen LogP contribution in [0.2, 0.25) is 0 Å². The lowest BCUT2D eigenvalue weighted by atomic mass is 9.80. The molecule has 0 amide bonds. The van der Waals surface area contributed by atoms with Gasteiger partial charge in [0.05, 0.1) is 6.61 Å². The Balaban J connectivity index is 1.71. The van der Waals surface area contributed by atoms with E-state index >= 15 is 0 Å². The smallest absolute Gasteiger partial charge is 0.162 e. The van der Waals surface area contributed by atoms with Crippen LogP contribution in [0, 0.1) is 11.8 Å². The molecule has 0 unspecified atom stereocenters. The van der Waals surface area contributed by atoms with Gasteiger partial charge in [-0.1, -0.05) is 19.8 Å². The van der Waals surface area contributed by atoms with Crippen molar-refractivity contribution >= 4 is 17.4 Å². The van der Waals surface area contributed by atoms with Gasteiger partial charge in [-0.25, -0.2) is 0 Å². The van der Waals surface area contributed by atoms with Crippen molar-refractivity contribution < 1.29 is 9.53 Å². The molecule has 1 saturated carbocycles. The molecule has 0 aromatic heterocycles. The number of carbonyl (C=O) groups excluding carboxylic acids is 1. The van der Waals surface area contributed by atoms with Crippen LogP contribution >= 0.6 is 11.6 Å². The van der Waals surface area contributed by atoms with Gasteiger partial charge in [0.2, 0.25) is 0 Å². The van der Waals surface area contributed by atoms with Gasteiger partial charge in [0, 0.05) is 17.9 Å². The van der Waals surface area contributed by atoms with Gasteiger partial charge in [-0.05, 0) is 61.8 Å². The van der Waals surface area contributed by atoms with Crippen molar-refractivity contribution in [1.29, 1.82) is 0 Å². The maximum Gasteiger partial charge on any atom is 0.162 e. The molecule has 0 atom stereocenters. The van der Waals surface area contributed by atoms with E-state index in [2.05, 4.69) is 0 Å². The zero-order chi connectivity index (χ0) is 15.8. The highest BCUT2D eigenvalue weighted by Crippen LogP contribution is 2.32. The van der Waals surface area contributed by atoms with Crippen molar-refractivity contribution in [2.24, 2.45) is 11.8 Å². The van der Waals surface area contributed by atoms with E-state index in [-0.39, 0.29) is 5.78 Å². The highest BCUT2D eigenvalue weighted by Gasteiger charge is 2.21. The van der Waals surface area contributed by atoms with Gasteiger partial charge < -0.3 is 4.74 Å². The number of carbonyl (C=O) groups is 1. The Morgan fingerprint density at radius 1 is 1.14 bits per heavy atom. The number of benzene rings is 1. The SMILES string of the molecule is CCC(=O)c1ccc(OCC2CCC(CCCCl)CC2)cc1. The summed E-state index contributed by atoms with van der Waals surface area (Å²) in [5.74, 6) is 3.39. The van der Waals surface area contributed by atoms with Crippen molar-refractivity contribution in [3.05, 3.63) is 29.8 Å².